The number of hydrogen-bond donors (Lipinski definition) is 1. The maximum Gasteiger partial charge on any atom is 0.321 e. The standard InChI is InChI=1S/C23H24N8O2/c1-2-7-19-18(6-1)20(15-25-19)30-26-16-21-27-22(31-10-13-32-14-11-31)29-23(28-21)33-12-8-17-5-3-4-9-24-17/h1-7,9,15,25H,8,10-14,16H2. The van der Waals surface area contributed by atoms with Crippen LogP contribution in [0.2, 0.25) is 0 Å². The molecule has 10 heteroatoms. The molecule has 0 bridgehead atoms. The first-order valence-corrected chi connectivity index (χ1v) is 10.9. The number of morpholine rings is 1. The zero-order chi connectivity index (χ0) is 22.3. The summed E-state index contributed by atoms with van der Waals surface area (Å²) in [5.41, 5.74) is 2.75. The van der Waals surface area contributed by atoms with Crippen LogP contribution in [0.25, 0.3) is 10.9 Å². The van der Waals surface area contributed by atoms with E-state index in [2.05, 4.69) is 40.0 Å². The fraction of sp³-hybridized carbons (Fsp3) is 0.304. The van der Waals surface area contributed by atoms with Gasteiger partial charge in [-0.15, -0.1) is 0 Å². The van der Waals surface area contributed by atoms with Gasteiger partial charge in [-0.3, -0.25) is 4.98 Å². The molecule has 0 spiro atoms. The minimum atomic E-state index is 0.218. The highest BCUT2D eigenvalue weighted by Crippen LogP contribution is 2.25. The van der Waals surface area contributed by atoms with E-state index >= 15 is 0 Å². The predicted octanol–water partition coefficient (Wildman–Crippen LogP) is 3.49. The van der Waals surface area contributed by atoms with Crippen LogP contribution < -0.4 is 9.64 Å². The lowest BCUT2D eigenvalue weighted by Gasteiger charge is -2.26. The number of nitrogens with zero attached hydrogens (tertiary/aromatic N) is 7. The summed E-state index contributed by atoms with van der Waals surface area (Å²) >= 11 is 0. The molecule has 0 atom stereocenters. The Hall–Kier alpha value is -3.92. The number of para-hydroxylation sites is 1. The van der Waals surface area contributed by atoms with Gasteiger partial charge < -0.3 is 19.4 Å². The second kappa shape index (κ2) is 10.1. The van der Waals surface area contributed by atoms with E-state index in [4.69, 9.17) is 9.47 Å². The highest BCUT2D eigenvalue weighted by atomic mass is 16.5. The number of anilines is 1. The molecule has 33 heavy (non-hydrogen) atoms. The van der Waals surface area contributed by atoms with Crippen molar-refractivity contribution in [3.63, 3.8) is 0 Å². The van der Waals surface area contributed by atoms with Crippen LogP contribution in [0, 0.1) is 0 Å². The minimum Gasteiger partial charge on any atom is -0.463 e. The Labute approximate surface area is 190 Å². The van der Waals surface area contributed by atoms with E-state index in [1.165, 1.54) is 0 Å². The molecule has 168 valence electrons. The third-order valence-corrected chi connectivity index (χ3v) is 5.22. The van der Waals surface area contributed by atoms with Crippen molar-refractivity contribution in [3.05, 3.63) is 66.4 Å². The SMILES string of the molecule is c1ccc(CCOc2nc(CN=Nc3c[nH]c4ccccc34)nc(N3CCOCC3)n2)nc1. The molecule has 1 saturated heterocycles. The van der Waals surface area contributed by atoms with Gasteiger partial charge in [0.1, 0.15) is 12.2 Å². The first kappa shape index (κ1) is 21.0. The lowest BCUT2D eigenvalue weighted by Crippen LogP contribution is -2.37. The smallest absolute Gasteiger partial charge is 0.321 e. The summed E-state index contributed by atoms with van der Waals surface area (Å²) in [5, 5.41) is 9.72. The summed E-state index contributed by atoms with van der Waals surface area (Å²) in [6.07, 6.45) is 4.27. The number of H-pyrrole nitrogens is 1. The van der Waals surface area contributed by atoms with E-state index in [0.717, 1.165) is 22.3 Å². The number of ether oxygens (including phenoxy) is 2. The molecule has 5 rings (SSSR count). The molecule has 0 radical (unpaired) electrons. The lowest BCUT2D eigenvalue weighted by atomic mass is 10.2. The van der Waals surface area contributed by atoms with Crippen molar-refractivity contribution < 1.29 is 9.47 Å². The fourth-order valence-electron chi connectivity index (χ4n) is 3.53. The van der Waals surface area contributed by atoms with Crippen molar-refractivity contribution in [2.24, 2.45) is 10.2 Å². The van der Waals surface area contributed by atoms with E-state index in [1.54, 1.807) is 6.20 Å². The van der Waals surface area contributed by atoms with Gasteiger partial charge in [-0.25, -0.2) is 0 Å². The van der Waals surface area contributed by atoms with Crippen molar-refractivity contribution >= 4 is 22.5 Å². The molecular weight excluding hydrogens is 420 g/mol. The largest absolute Gasteiger partial charge is 0.463 e. The average molecular weight is 444 g/mol. The van der Waals surface area contributed by atoms with E-state index in [9.17, 15) is 0 Å². The number of fused-ring (bicyclic) bond motifs is 1. The predicted molar refractivity (Wildman–Crippen MR) is 123 cm³/mol. The van der Waals surface area contributed by atoms with Crippen molar-refractivity contribution in [2.75, 3.05) is 37.8 Å². The number of azo groups is 1. The molecule has 1 aromatic carbocycles. The average Bonchev–Trinajstić information content (AvgIpc) is 3.28. The number of rotatable bonds is 8. The monoisotopic (exact) mass is 444 g/mol. The molecule has 3 aromatic heterocycles. The normalized spacial score (nSPS) is 14.2. The van der Waals surface area contributed by atoms with Crippen LogP contribution >= 0.6 is 0 Å². The molecule has 1 N–H and O–H groups in total. The molecule has 0 unspecified atom stereocenters. The maximum absolute atomic E-state index is 5.85. The van der Waals surface area contributed by atoms with Crippen LogP contribution in [-0.2, 0) is 17.7 Å². The van der Waals surface area contributed by atoms with Crippen molar-refractivity contribution in [3.8, 4) is 6.01 Å². The Balaban J connectivity index is 1.31. The number of hydrogen-bond acceptors (Lipinski definition) is 9. The highest BCUT2D eigenvalue weighted by molar-refractivity contribution is 5.90. The van der Waals surface area contributed by atoms with Crippen molar-refractivity contribution in [1.82, 2.24) is 24.9 Å². The van der Waals surface area contributed by atoms with Gasteiger partial charge in [-0.05, 0) is 18.2 Å². The van der Waals surface area contributed by atoms with E-state index in [1.807, 2.05) is 48.7 Å². The lowest BCUT2D eigenvalue weighted by molar-refractivity contribution is 0.122. The quantitative estimate of drug-likeness (QED) is 0.414. The van der Waals surface area contributed by atoms with Crippen LogP contribution in [-0.4, -0.2) is 57.8 Å². The number of pyridine rings is 1. The molecule has 1 fully saturated rings. The number of aromatic nitrogens is 5. The molecule has 1 aliphatic heterocycles. The van der Waals surface area contributed by atoms with Gasteiger partial charge in [0.15, 0.2) is 5.82 Å². The fourth-order valence-corrected chi connectivity index (χ4v) is 3.53. The van der Waals surface area contributed by atoms with Crippen LogP contribution in [0.15, 0.2) is 65.1 Å². The van der Waals surface area contributed by atoms with E-state index in [0.29, 0.717) is 51.1 Å². The third kappa shape index (κ3) is 5.29. The zero-order valence-corrected chi connectivity index (χ0v) is 18.1. The summed E-state index contributed by atoms with van der Waals surface area (Å²) in [6, 6.07) is 14.1. The summed E-state index contributed by atoms with van der Waals surface area (Å²) in [4.78, 5) is 23.2. The second-order valence-electron chi connectivity index (χ2n) is 7.47. The molecule has 10 nitrogen and oxygen atoms in total. The minimum absolute atomic E-state index is 0.218. The van der Waals surface area contributed by atoms with Crippen LogP contribution in [0.3, 0.4) is 0 Å². The Kier molecular flexibility index (Phi) is 6.43. The van der Waals surface area contributed by atoms with Gasteiger partial charge in [-0.1, -0.05) is 24.3 Å². The van der Waals surface area contributed by atoms with Gasteiger partial charge in [0.2, 0.25) is 5.95 Å². The summed E-state index contributed by atoms with van der Waals surface area (Å²) in [6.45, 7) is 3.34. The Bertz CT molecular complexity index is 1220. The first-order valence-electron chi connectivity index (χ1n) is 10.9. The van der Waals surface area contributed by atoms with Gasteiger partial charge in [0.25, 0.3) is 0 Å². The molecule has 4 heterocycles. The summed E-state index contributed by atoms with van der Waals surface area (Å²) < 4.78 is 11.3. The molecule has 0 amide bonds. The zero-order valence-electron chi connectivity index (χ0n) is 18.1. The van der Waals surface area contributed by atoms with Gasteiger partial charge in [0.05, 0.1) is 19.8 Å². The van der Waals surface area contributed by atoms with Gasteiger partial charge in [0, 0.05) is 48.5 Å². The topological polar surface area (TPSA) is 114 Å². The van der Waals surface area contributed by atoms with Crippen molar-refractivity contribution in [2.45, 2.75) is 13.0 Å². The molecule has 0 aliphatic carbocycles. The second-order valence-corrected chi connectivity index (χ2v) is 7.47. The Morgan fingerprint density at radius 3 is 2.79 bits per heavy atom. The molecule has 0 saturated carbocycles. The van der Waals surface area contributed by atoms with E-state index in [-0.39, 0.29) is 12.6 Å². The summed E-state index contributed by atoms with van der Waals surface area (Å²) in [5.74, 6) is 1.07. The molecule has 4 aromatic rings. The van der Waals surface area contributed by atoms with E-state index < -0.39 is 0 Å². The molecule has 1 aliphatic rings. The van der Waals surface area contributed by atoms with Gasteiger partial charge in [-0.2, -0.15) is 25.2 Å². The number of aromatic amines is 1. The Morgan fingerprint density at radius 2 is 1.91 bits per heavy atom. The molecular formula is C23H24N8O2. The van der Waals surface area contributed by atoms with Crippen LogP contribution in [0.5, 0.6) is 6.01 Å². The highest BCUT2D eigenvalue weighted by Gasteiger charge is 2.17. The summed E-state index contributed by atoms with van der Waals surface area (Å²) in [7, 11) is 0. The number of benzene rings is 1. The van der Waals surface area contributed by atoms with Crippen molar-refractivity contribution in [1.29, 1.82) is 0 Å². The Morgan fingerprint density at radius 1 is 1.03 bits per heavy atom. The van der Waals surface area contributed by atoms with Crippen LogP contribution in [0.4, 0.5) is 11.6 Å². The van der Waals surface area contributed by atoms with Gasteiger partial charge >= 0.3 is 6.01 Å². The number of nitrogens with one attached hydrogen (secondary N) is 1. The third-order valence-electron chi connectivity index (χ3n) is 5.22. The first-order chi connectivity index (χ1) is 16.3. The maximum atomic E-state index is 5.85. The van der Waals surface area contributed by atoms with Crippen LogP contribution in [0.1, 0.15) is 11.5 Å².